The molecule has 0 aromatic heterocycles. The van der Waals surface area contributed by atoms with Gasteiger partial charge in [0, 0.05) is 17.6 Å². The van der Waals surface area contributed by atoms with Crippen LogP contribution in [0, 0.1) is 0 Å². The smallest absolute Gasteiger partial charge is 0.124 e. The molecule has 16 heavy (non-hydrogen) atoms. The second-order valence-electron chi connectivity index (χ2n) is 4.42. The minimum absolute atomic E-state index is 0.0591. The predicted octanol–water partition coefficient (Wildman–Crippen LogP) is 1.87. The molecule has 0 bridgehead atoms. The number of hydrogen-bond donors (Lipinski definition) is 2. The Kier molecular flexibility index (Phi) is 3.46. The first-order chi connectivity index (χ1) is 7.72. The molecule has 0 radical (unpaired) electrons. The zero-order chi connectivity index (χ0) is 11.5. The Morgan fingerprint density at radius 1 is 1.38 bits per heavy atom. The van der Waals surface area contributed by atoms with Crippen molar-refractivity contribution in [2.24, 2.45) is 0 Å². The number of nitrogens with one attached hydrogen (secondary N) is 1. The van der Waals surface area contributed by atoms with Crippen LogP contribution in [0.4, 0.5) is 0 Å². The molecular weight excluding hydrogens is 202 g/mol. The fraction of sp³-hybridized carbons (Fsp3) is 0.538. The highest BCUT2D eigenvalue weighted by atomic mass is 16.5. The van der Waals surface area contributed by atoms with Gasteiger partial charge in [0.1, 0.15) is 5.75 Å². The van der Waals surface area contributed by atoms with E-state index in [4.69, 9.17) is 4.74 Å². The van der Waals surface area contributed by atoms with Gasteiger partial charge in [-0.1, -0.05) is 18.2 Å². The number of aliphatic hydroxyl groups excluding tert-OH is 1. The highest BCUT2D eigenvalue weighted by Gasteiger charge is 2.27. The van der Waals surface area contributed by atoms with E-state index in [2.05, 4.69) is 5.32 Å². The monoisotopic (exact) mass is 221 g/mol. The summed E-state index contributed by atoms with van der Waals surface area (Å²) in [6.07, 6.45) is 1.93. The number of para-hydroxylation sites is 1. The molecule has 1 aliphatic rings. The third-order valence-corrected chi connectivity index (χ3v) is 3.01. The molecule has 0 amide bonds. The molecule has 3 heteroatoms. The maximum Gasteiger partial charge on any atom is 0.124 e. The van der Waals surface area contributed by atoms with Crippen molar-refractivity contribution in [3.63, 3.8) is 0 Å². The summed E-state index contributed by atoms with van der Waals surface area (Å²) in [6.45, 7) is 2.01. The van der Waals surface area contributed by atoms with Crippen molar-refractivity contribution in [2.75, 3.05) is 7.11 Å². The average molecular weight is 221 g/mol. The summed E-state index contributed by atoms with van der Waals surface area (Å²) in [6, 6.07) is 8.28. The summed E-state index contributed by atoms with van der Waals surface area (Å²) in [7, 11) is 1.63. The molecule has 2 rings (SSSR count). The van der Waals surface area contributed by atoms with Crippen molar-refractivity contribution in [3.05, 3.63) is 29.8 Å². The Labute approximate surface area is 96.4 Å². The van der Waals surface area contributed by atoms with Crippen LogP contribution in [0.1, 0.15) is 31.4 Å². The van der Waals surface area contributed by atoms with Crippen molar-refractivity contribution in [2.45, 2.75) is 38.0 Å². The number of aliphatic hydroxyl groups is 1. The SMILES string of the molecule is COc1ccccc1C(O)C(C)NC1CC1. The number of rotatable bonds is 5. The lowest BCUT2D eigenvalue weighted by molar-refractivity contribution is 0.132. The van der Waals surface area contributed by atoms with Gasteiger partial charge in [-0.25, -0.2) is 0 Å². The number of benzene rings is 1. The van der Waals surface area contributed by atoms with Crippen LogP contribution < -0.4 is 10.1 Å². The van der Waals surface area contributed by atoms with E-state index in [0.717, 1.165) is 11.3 Å². The van der Waals surface area contributed by atoms with E-state index in [0.29, 0.717) is 6.04 Å². The first kappa shape index (κ1) is 11.4. The minimum Gasteiger partial charge on any atom is -0.496 e. The summed E-state index contributed by atoms with van der Waals surface area (Å²) in [5, 5.41) is 13.6. The fourth-order valence-corrected chi connectivity index (χ4v) is 1.89. The molecule has 1 aliphatic carbocycles. The van der Waals surface area contributed by atoms with Crippen molar-refractivity contribution in [3.8, 4) is 5.75 Å². The van der Waals surface area contributed by atoms with Crippen molar-refractivity contribution in [1.29, 1.82) is 0 Å². The van der Waals surface area contributed by atoms with Gasteiger partial charge in [-0.05, 0) is 25.8 Å². The van der Waals surface area contributed by atoms with Crippen LogP contribution in [0.25, 0.3) is 0 Å². The quantitative estimate of drug-likeness (QED) is 0.797. The molecule has 3 nitrogen and oxygen atoms in total. The summed E-state index contributed by atoms with van der Waals surface area (Å²) in [5.41, 5.74) is 0.852. The average Bonchev–Trinajstić information content (AvgIpc) is 3.11. The van der Waals surface area contributed by atoms with E-state index in [9.17, 15) is 5.11 Å². The summed E-state index contributed by atoms with van der Waals surface area (Å²) in [5.74, 6) is 0.749. The van der Waals surface area contributed by atoms with Crippen molar-refractivity contribution >= 4 is 0 Å². The second kappa shape index (κ2) is 4.85. The van der Waals surface area contributed by atoms with Crippen molar-refractivity contribution < 1.29 is 9.84 Å². The van der Waals surface area contributed by atoms with Crippen LogP contribution >= 0.6 is 0 Å². The Morgan fingerprint density at radius 2 is 2.06 bits per heavy atom. The molecule has 1 aromatic carbocycles. The number of methoxy groups -OCH3 is 1. The summed E-state index contributed by atoms with van der Waals surface area (Å²) in [4.78, 5) is 0. The van der Waals surface area contributed by atoms with Gasteiger partial charge in [0.15, 0.2) is 0 Å². The van der Waals surface area contributed by atoms with E-state index in [1.807, 2.05) is 31.2 Å². The van der Waals surface area contributed by atoms with Gasteiger partial charge in [0.2, 0.25) is 0 Å². The van der Waals surface area contributed by atoms with Gasteiger partial charge in [-0.3, -0.25) is 0 Å². The van der Waals surface area contributed by atoms with Gasteiger partial charge in [-0.15, -0.1) is 0 Å². The van der Waals surface area contributed by atoms with Crippen LogP contribution in [0.5, 0.6) is 5.75 Å². The van der Waals surface area contributed by atoms with Gasteiger partial charge in [0.25, 0.3) is 0 Å². The molecular formula is C13H19NO2. The lowest BCUT2D eigenvalue weighted by atomic mass is 10.0. The predicted molar refractivity (Wildman–Crippen MR) is 63.6 cm³/mol. The van der Waals surface area contributed by atoms with Gasteiger partial charge in [0.05, 0.1) is 13.2 Å². The molecule has 0 heterocycles. The zero-order valence-electron chi connectivity index (χ0n) is 9.81. The molecule has 1 saturated carbocycles. The van der Waals surface area contributed by atoms with Crippen LogP contribution in [0.3, 0.4) is 0 Å². The first-order valence-electron chi connectivity index (χ1n) is 5.79. The second-order valence-corrected chi connectivity index (χ2v) is 4.42. The van der Waals surface area contributed by atoms with Crippen LogP contribution in [-0.2, 0) is 0 Å². The molecule has 2 atom stereocenters. The fourth-order valence-electron chi connectivity index (χ4n) is 1.89. The molecule has 1 fully saturated rings. The first-order valence-corrected chi connectivity index (χ1v) is 5.79. The maximum atomic E-state index is 10.2. The summed E-state index contributed by atoms with van der Waals surface area (Å²) < 4.78 is 5.25. The number of hydrogen-bond acceptors (Lipinski definition) is 3. The topological polar surface area (TPSA) is 41.5 Å². The van der Waals surface area contributed by atoms with Crippen molar-refractivity contribution in [1.82, 2.24) is 5.32 Å². The number of ether oxygens (including phenoxy) is 1. The Morgan fingerprint density at radius 3 is 2.69 bits per heavy atom. The van der Waals surface area contributed by atoms with Gasteiger partial charge >= 0.3 is 0 Å². The minimum atomic E-state index is -0.517. The molecule has 1 aromatic rings. The lowest BCUT2D eigenvalue weighted by Gasteiger charge is -2.22. The zero-order valence-corrected chi connectivity index (χ0v) is 9.81. The van der Waals surface area contributed by atoms with E-state index in [1.54, 1.807) is 7.11 Å². The normalized spacial score (nSPS) is 19.2. The van der Waals surface area contributed by atoms with Gasteiger partial charge < -0.3 is 15.2 Å². The summed E-state index contributed by atoms with van der Waals surface area (Å²) >= 11 is 0. The van der Waals surface area contributed by atoms with E-state index < -0.39 is 6.10 Å². The Bertz CT molecular complexity index is 350. The Balaban J connectivity index is 2.08. The van der Waals surface area contributed by atoms with Crippen LogP contribution in [0.2, 0.25) is 0 Å². The molecule has 0 spiro atoms. The van der Waals surface area contributed by atoms with E-state index >= 15 is 0 Å². The highest BCUT2D eigenvalue weighted by Crippen LogP contribution is 2.28. The molecule has 88 valence electrons. The molecule has 2 N–H and O–H groups in total. The van der Waals surface area contributed by atoms with Crippen LogP contribution in [-0.4, -0.2) is 24.3 Å². The molecule has 2 unspecified atom stereocenters. The molecule has 0 aliphatic heterocycles. The third kappa shape index (κ3) is 2.54. The Hall–Kier alpha value is -1.06. The third-order valence-electron chi connectivity index (χ3n) is 3.01. The molecule has 0 saturated heterocycles. The highest BCUT2D eigenvalue weighted by molar-refractivity contribution is 5.35. The maximum absolute atomic E-state index is 10.2. The van der Waals surface area contributed by atoms with Gasteiger partial charge in [-0.2, -0.15) is 0 Å². The van der Waals surface area contributed by atoms with E-state index in [1.165, 1.54) is 12.8 Å². The lowest BCUT2D eigenvalue weighted by Crippen LogP contribution is -2.33. The van der Waals surface area contributed by atoms with E-state index in [-0.39, 0.29) is 6.04 Å². The standard InChI is InChI=1S/C13H19NO2/c1-9(14-10-7-8-10)13(15)11-5-3-4-6-12(11)16-2/h3-6,9-10,13-15H,7-8H2,1-2H3. The largest absolute Gasteiger partial charge is 0.496 e. The van der Waals surface area contributed by atoms with Crippen LogP contribution in [0.15, 0.2) is 24.3 Å².